The van der Waals surface area contributed by atoms with Crippen molar-refractivity contribution in [2.75, 3.05) is 0 Å². The van der Waals surface area contributed by atoms with Crippen LogP contribution < -0.4 is 0 Å². The van der Waals surface area contributed by atoms with E-state index in [1.165, 1.54) is 49.7 Å². The van der Waals surface area contributed by atoms with Crippen molar-refractivity contribution < 1.29 is 8.83 Å². The Hall–Kier alpha value is -2.81. The molecule has 0 saturated heterocycles. The van der Waals surface area contributed by atoms with Crippen molar-refractivity contribution in [1.29, 1.82) is 0 Å². The molecule has 2 aliphatic rings. The third-order valence-corrected chi connectivity index (χ3v) is 5.58. The van der Waals surface area contributed by atoms with Crippen LogP contribution in [0.25, 0.3) is 28.0 Å². The lowest BCUT2D eigenvalue weighted by Crippen LogP contribution is -1.95. The molecule has 0 aliphatic heterocycles. The van der Waals surface area contributed by atoms with E-state index in [1.54, 1.807) is 6.26 Å². The summed E-state index contributed by atoms with van der Waals surface area (Å²) in [7, 11) is 0. The van der Waals surface area contributed by atoms with Crippen LogP contribution in [0.4, 0.5) is 0 Å². The maximum absolute atomic E-state index is 6.12. The quantitative estimate of drug-likeness (QED) is 0.492. The van der Waals surface area contributed by atoms with E-state index >= 15 is 0 Å². The summed E-state index contributed by atoms with van der Waals surface area (Å²) in [4.78, 5) is 4.73. The molecule has 0 N–H and O–H groups in total. The lowest BCUT2D eigenvalue weighted by molar-refractivity contribution is 0.577. The minimum absolute atomic E-state index is 0.726. The normalized spacial score (nSPS) is 18.0. The molecule has 2 aromatic heterocycles. The van der Waals surface area contributed by atoms with Crippen molar-refractivity contribution in [2.45, 2.75) is 44.9 Å². The molecule has 27 heavy (non-hydrogen) atoms. The lowest BCUT2D eigenvalue weighted by Gasteiger charge is -2.15. The van der Waals surface area contributed by atoms with Gasteiger partial charge in [-0.3, -0.25) is 0 Å². The van der Waals surface area contributed by atoms with Crippen molar-refractivity contribution in [3.63, 3.8) is 0 Å². The van der Waals surface area contributed by atoms with E-state index in [0.29, 0.717) is 0 Å². The van der Waals surface area contributed by atoms with Gasteiger partial charge >= 0.3 is 0 Å². The number of allylic oxidation sites excluding steroid dienone is 6. The zero-order valence-corrected chi connectivity index (χ0v) is 15.4. The van der Waals surface area contributed by atoms with Crippen LogP contribution in [0.2, 0.25) is 0 Å². The zero-order chi connectivity index (χ0) is 18.1. The fraction of sp³-hybridized carbons (Fsp3) is 0.292. The molecule has 0 unspecified atom stereocenters. The first kappa shape index (κ1) is 16.4. The van der Waals surface area contributed by atoms with Gasteiger partial charge in [-0.1, -0.05) is 31.1 Å². The molecule has 1 aromatic carbocycles. The number of hydrogen-bond donors (Lipinski definition) is 0. The summed E-state index contributed by atoms with van der Waals surface area (Å²) >= 11 is 0. The van der Waals surface area contributed by atoms with Gasteiger partial charge in [0.15, 0.2) is 5.58 Å². The Morgan fingerprint density at radius 1 is 0.852 bits per heavy atom. The van der Waals surface area contributed by atoms with Crippen LogP contribution in [0.5, 0.6) is 0 Å². The molecule has 1 fully saturated rings. The number of hydrogen-bond acceptors (Lipinski definition) is 3. The van der Waals surface area contributed by atoms with Crippen LogP contribution in [-0.4, -0.2) is 4.98 Å². The van der Waals surface area contributed by atoms with E-state index in [0.717, 1.165) is 40.3 Å². The number of rotatable bonds is 2. The highest BCUT2D eigenvalue weighted by Crippen LogP contribution is 2.33. The smallest absolute Gasteiger partial charge is 0.223 e. The van der Waals surface area contributed by atoms with E-state index < -0.39 is 0 Å². The number of nitrogens with zero attached hydrogens (tertiary/aromatic N) is 1. The highest BCUT2D eigenvalue weighted by Gasteiger charge is 2.16. The number of furan rings is 1. The third kappa shape index (κ3) is 3.30. The molecule has 3 nitrogen and oxygen atoms in total. The molecule has 3 aromatic rings. The summed E-state index contributed by atoms with van der Waals surface area (Å²) in [5.74, 6) is 1.57. The predicted octanol–water partition coefficient (Wildman–Crippen LogP) is 7.08. The molecule has 136 valence electrons. The number of aromatic nitrogens is 1. The van der Waals surface area contributed by atoms with Gasteiger partial charge in [0.1, 0.15) is 11.3 Å². The molecule has 0 bridgehead atoms. The minimum atomic E-state index is 0.726. The van der Waals surface area contributed by atoms with E-state index in [1.807, 2.05) is 30.3 Å². The molecule has 2 aliphatic carbocycles. The first-order valence-electron chi connectivity index (χ1n) is 9.91. The maximum Gasteiger partial charge on any atom is 0.223 e. The standard InChI is InChI=1S/C24H23NO2/c1-2-4-7-18-10-12-19(11-9-17(18)6-3-1)24-25-21-14-13-20(16-23(21)27-24)22-8-5-15-26-22/h5,8-11,13-16H,1-4,6-7,12H2. The van der Waals surface area contributed by atoms with Crippen molar-refractivity contribution in [3.05, 3.63) is 71.9 Å². The van der Waals surface area contributed by atoms with Crippen LogP contribution >= 0.6 is 0 Å². The van der Waals surface area contributed by atoms with Gasteiger partial charge in [0.05, 0.1) is 6.26 Å². The largest absolute Gasteiger partial charge is 0.464 e. The summed E-state index contributed by atoms with van der Waals surface area (Å²) in [5.41, 5.74) is 6.87. The van der Waals surface area contributed by atoms with Gasteiger partial charge in [-0.05, 0) is 73.6 Å². The summed E-state index contributed by atoms with van der Waals surface area (Å²) in [5, 5.41) is 0. The van der Waals surface area contributed by atoms with Gasteiger partial charge in [0.2, 0.25) is 5.89 Å². The van der Waals surface area contributed by atoms with Crippen LogP contribution in [0.1, 0.15) is 50.8 Å². The van der Waals surface area contributed by atoms with Crippen molar-refractivity contribution in [1.82, 2.24) is 4.98 Å². The lowest BCUT2D eigenvalue weighted by atomic mass is 9.91. The second-order valence-corrected chi connectivity index (χ2v) is 7.41. The van der Waals surface area contributed by atoms with E-state index in [2.05, 4.69) is 18.2 Å². The van der Waals surface area contributed by atoms with Gasteiger partial charge in [-0.2, -0.15) is 0 Å². The van der Waals surface area contributed by atoms with Crippen LogP contribution in [0, 0.1) is 0 Å². The van der Waals surface area contributed by atoms with Gasteiger partial charge in [-0.25, -0.2) is 4.98 Å². The molecule has 1 saturated carbocycles. The summed E-state index contributed by atoms with van der Waals surface area (Å²) < 4.78 is 11.6. The average molecular weight is 357 g/mol. The SMILES string of the molecule is C1=C2CCCCCCC2=CCC(c2nc3ccc(-c4ccco4)cc3o2)=C1. The summed E-state index contributed by atoms with van der Waals surface area (Å²) in [6.07, 6.45) is 17.2. The van der Waals surface area contributed by atoms with Crippen molar-refractivity contribution in [2.24, 2.45) is 0 Å². The fourth-order valence-corrected chi connectivity index (χ4v) is 4.05. The van der Waals surface area contributed by atoms with Crippen LogP contribution in [0.15, 0.2) is 74.8 Å². The average Bonchev–Trinajstić information content (AvgIpc) is 3.30. The first-order chi connectivity index (χ1) is 13.4. The van der Waals surface area contributed by atoms with E-state index in [-0.39, 0.29) is 0 Å². The zero-order valence-electron chi connectivity index (χ0n) is 15.4. The first-order valence-corrected chi connectivity index (χ1v) is 9.91. The molecule has 0 radical (unpaired) electrons. The predicted molar refractivity (Wildman–Crippen MR) is 108 cm³/mol. The molecular formula is C24H23NO2. The Morgan fingerprint density at radius 3 is 2.56 bits per heavy atom. The van der Waals surface area contributed by atoms with Gasteiger partial charge in [-0.15, -0.1) is 0 Å². The Bertz CT molecular complexity index is 1050. The van der Waals surface area contributed by atoms with Gasteiger partial charge in [0, 0.05) is 11.1 Å². The number of benzene rings is 1. The van der Waals surface area contributed by atoms with E-state index in [9.17, 15) is 0 Å². The Labute approximate surface area is 159 Å². The Morgan fingerprint density at radius 2 is 1.70 bits per heavy atom. The number of oxazole rings is 1. The van der Waals surface area contributed by atoms with Crippen LogP contribution in [0.3, 0.4) is 0 Å². The maximum atomic E-state index is 6.12. The summed E-state index contributed by atoms with van der Waals surface area (Å²) in [6, 6.07) is 9.89. The molecule has 0 amide bonds. The summed E-state index contributed by atoms with van der Waals surface area (Å²) in [6.45, 7) is 0. The Kier molecular flexibility index (Phi) is 4.29. The van der Waals surface area contributed by atoms with Crippen LogP contribution in [-0.2, 0) is 0 Å². The van der Waals surface area contributed by atoms with E-state index in [4.69, 9.17) is 13.8 Å². The highest BCUT2D eigenvalue weighted by atomic mass is 16.3. The highest BCUT2D eigenvalue weighted by molar-refractivity contribution is 5.81. The number of fused-ring (bicyclic) bond motifs is 2. The molecule has 0 spiro atoms. The fourth-order valence-electron chi connectivity index (χ4n) is 4.05. The van der Waals surface area contributed by atoms with Gasteiger partial charge < -0.3 is 8.83 Å². The monoisotopic (exact) mass is 357 g/mol. The molecule has 3 heteroatoms. The molecule has 2 heterocycles. The Balaban J connectivity index is 1.48. The van der Waals surface area contributed by atoms with Crippen molar-refractivity contribution in [3.8, 4) is 11.3 Å². The van der Waals surface area contributed by atoms with Crippen molar-refractivity contribution >= 4 is 16.7 Å². The molecule has 0 atom stereocenters. The second kappa shape index (κ2) is 7.07. The molecule has 5 rings (SSSR count). The topological polar surface area (TPSA) is 39.2 Å². The molecular weight excluding hydrogens is 334 g/mol. The third-order valence-electron chi connectivity index (χ3n) is 5.58. The minimum Gasteiger partial charge on any atom is -0.464 e. The van der Waals surface area contributed by atoms with Gasteiger partial charge in [0.25, 0.3) is 0 Å². The second-order valence-electron chi connectivity index (χ2n) is 7.41.